The Balaban J connectivity index is 1.03. The van der Waals surface area contributed by atoms with Gasteiger partial charge in [-0.05, 0) is 158 Å². The van der Waals surface area contributed by atoms with Gasteiger partial charge in [-0.15, -0.1) is 0 Å². The van der Waals surface area contributed by atoms with E-state index in [2.05, 4.69) is 220 Å². The number of hydrogen-bond donors (Lipinski definition) is 0. The van der Waals surface area contributed by atoms with Crippen LogP contribution in [0, 0.1) is 0 Å². The van der Waals surface area contributed by atoms with Crippen LogP contribution in [0.4, 0.5) is 0 Å². The molecule has 0 unspecified atom stereocenters. The molecule has 2 aliphatic rings. The maximum Gasteiger partial charge on any atom is 0.0620 e. The highest BCUT2D eigenvalue weighted by Gasteiger charge is 2.38. The fourth-order valence-corrected chi connectivity index (χ4v) is 12.9. The standard InChI is InChI=1S/C64H43N/c1-63(2)52-26-24-42(30-48(52)50-28-36-14-5-7-16-38(36)32-54(50)63)58-44-20-11-9-18-40(44)34-56-60(58)46-22-13-23-47-61-57(65(56)62(46)47)35-41-19-10-12-21-45(41)59(61)43-25-27-53-49(31-43)51-29-37-15-6-8-17-39(37)33-55(51)64(53,3)4/h5-35H,1-4H3. The van der Waals surface area contributed by atoms with Gasteiger partial charge in [0.2, 0.25) is 0 Å². The summed E-state index contributed by atoms with van der Waals surface area (Å²) in [5.74, 6) is 0. The Bertz CT molecular complexity index is 4020. The van der Waals surface area contributed by atoms with E-state index in [4.69, 9.17) is 0 Å². The molecule has 2 aromatic heterocycles. The van der Waals surface area contributed by atoms with Gasteiger partial charge >= 0.3 is 0 Å². The number of rotatable bonds is 2. The zero-order valence-corrected chi connectivity index (χ0v) is 36.8. The summed E-state index contributed by atoms with van der Waals surface area (Å²) in [5, 5.41) is 15.5. The third-order valence-corrected chi connectivity index (χ3v) is 16.0. The zero-order valence-electron chi connectivity index (χ0n) is 36.8. The van der Waals surface area contributed by atoms with E-state index in [1.54, 1.807) is 0 Å². The average Bonchev–Trinajstić information content (AvgIpc) is 3.98. The van der Waals surface area contributed by atoms with Gasteiger partial charge in [0.05, 0.1) is 16.6 Å². The van der Waals surface area contributed by atoms with Gasteiger partial charge in [-0.1, -0.05) is 167 Å². The summed E-state index contributed by atoms with van der Waals surface area (Å²) in [6, 6.07) is 72.0. The van der Waals surface area contributed by atoms with Crippen LogP contribution in [0.2, 0.25) is 0 Å². The second-order valence-electron chi connectivity index (χ2n) is 20.0. The normalized spacial score (nSPS) is 14.7. The van der Waals surface area contributed by atoms with Crippen LogP contribution in [0.1, 0.15) is 49.9 Å². The summed E-state index contributed by atoms with van der Waals surface area (Å²) in [5.41, 5.74) is 19.8. The number of fused-ring (bicyclic) bond motifs is 16. The lowest BCUT2D eigenvalue weighted by molar-refractivity contribution is 0.661. The van der Waals surface area contributed by atoms with Crippen molar-refractivity contribution in [3.05, 3.63) is 210 Å². The third kappa shape index (κ3) is 4.48. The molecule has 0 aliphatic heterocycles. The predicted molar refractivity (Wildman–Crippen MR) is 277 cm³/mol. The second kappa shape index (κ2) is 12.1. The molecule has 0 radical (unpaired) electrons. The second-order valence-corrected chi connectivity index (χ2v) is 20.0. The highest BCUT2D eigenvalue weighted by atomic mass is 14.9. The van der Waals surface area contributed by atoms with Crippen LogP contribution in [0.3, 0.4) is 0 Å². The molecule has 11 aromatic carbocycles. The number of aromatic nitrogens is 1. The number of nitrogens with zero attached hydrogens (tertiary/aromatic N) is 1. The molecule has 2 aliphatic carbocycles. The Labute approximate surface area is 377 Å². The molecular formula is C64H43N. The molecule has 0 atom stereocenters. The lowest BCUT2D eigenvalue weighted by Gasteiger charge is -2.22. The highest BCUT2D eigenvalue weighted by molar-refractivity contribution is 6.32. The molecule has 1 heteroatoms. The molecule has 1 nitrogen and oxygen atoms in total. The van der Waals surface area contributed by atoms with E-state index in [1.165, 1.54) is 148 Å². The molecule has 0 saturated carbocycles. The molecule has 0 saturated heterocycles. The highest BCUT2D eigenvalue weighted by Crippen LogP contribution is 2.55. The van der Waals surface area contributed by atoms with E-state index in [9.17, 15) is 0 Å². The van der Waals surface area contributed by atoms with Crippen LogP contribution in [0.25, 0.3) is 126 Å². The monoisotopic (exact) mass is 825 g/mol. The van der Waals surface area contributed by atoms with E-state index in [0.29, 0.717) is 0 Å². The van der Waals surface area contributed by atoms with Gasteiger partial charge in [-0.3, -0.25) is 0 Å². The Morgan fingerprint density at radius 1 is 0.308 bits per heavy atom. The first-order valence-corrected chi connectivity index (χ1v) is 23.2. The number of para-hydroxylation sites is 1. The van der Waals surface area contributed by atoms with Crippen molar-refractivity contribution in [2.45, 2.75) is 38.5 Å². The van der Waals surface area contributed by atoms with Crippen molar-refractivity contribution in [1.29, 1.82) is 0 Å². The van der Waals surface area contributed by atoms with Gasteiger partial charge < -0.3 is 4.40 Å². The molecule has 0 N–H and O–H groups in total. The number of benzene rings is 11. The fraction of sp³-hybridized carbons (Fsp3) is 0.0938. The van der Waals surface area contributed by atoms with Gasteiger partial charge in [-0.25, -0.2) is 0 Å². The van der Waals surface area contributed by atoms with Crippen molar-refractivity contribution < 1.29 is 0 Å². The Kier molecular flexibility index (Phi) is 6.63. The molecular weight excluding hydrogens is 783 g/mol. The maximum absolute atomic E-state index is 2.61. The van der Waals surface area contributed by atoms with Gasteiger partial charge in [0.15, 0.2) is 0 Å². The van der Waals surface area contributed by atoms with Crippen LogP contribution >= 0.6 is 0 Å². The summed E-state index contributed by atoms with van der Waals surface area (Å²) < 4.78 is 2.61. The minimum Gasteiger partial charge on any atom is -0.308 e. The van der Waals surface area contributed by atoms with E-state index in [0.717, 1.165) is 0 Å². The Morgan fingerprint density at radius 2 is 0.677 bits per heavy atom. The SMILES string of the molecule is CC1(C)c2ccc(-c3c4ccccc4cc4c3c3cccc5c6c(-c7ccc8c(c7)-c7cc9ccccc9cc7C8(C)C)c7ccccc7cc6n4c35)cc2-c2cc3ccccc3cc21. The van der Waals surface area contributed by atoms with Crippen molar-refractivity contribution in [1.82, 2.24) is 4.40 Å². The van der Waals surface area contributed by atoms with Crippen LogP contribution in [0.15, 0.2) is 188 Å². The summed E-state index contributed by atoms with van der Waals surface area (Å²) >= 11 is 0. The Hall–Kier alpha value is -7.74. The lowest BCUT2D eigenvalue weighted by Crippen LogP contribution is -2.14. The van der Waals surface area contributed by atoms with E-state index >= 15 is 0 Å². The van der Waals surface area contributed by atoms with Gasteiger partial charge in [0, 0.05) is 32.4 Å². The molecule has 15 rings (SSSR count). The van der Waals surface area contributed by atoms with Crippen LogP contribution in [-0.2, 0) is 10.8 Å². The summed E-state index contributed by atoms with van der Waals surface area (Å²) in [6.45, 7) is 9.57. The van der Waals surface area contributed by atoms with E-state index in [-0.39, 0.29) is 10.8 Å². The molecule has 13 aromatic rings. The quantitative estimate of drug-likeness (QED) is 0.164. The van der Waals surface area contributed by atoms with Crippen molar-refractivity contribution in [2.75, 3.05) is 0 Å². The van der Waals surface area contributed by atoms with Crippen molar-refractivity contribution >= 4 is 81.2 Å². The molecule has 0 fully saturated rings. The molecule has 304 valence electrons. The predicted octanol–water partition coefficient (Wildman–Crippen LogP) is 17.4. The first kappa shape index (κ1) is 35.7. The van der Waals surface area contributed by atoms with Gasteiger partial charge in [0.25, 0.3) is 0 Å². The minimum atomic E-state index is -0.0932. The number of hydrogen-bond acceptors (Lipinski definition) is 0. The summed E-state index contributed by atoms with van der Waals surface area (Å²) in [6.07, 6.45) is 0. The van der Waals surface area contributed by atoms with E-state index in [1.807, 2.05) is 0 Å². The van der Waals surface area contributed by atoms with Crippen molar-refractivity contribution in [3.63, 3.8) is 0 Å². The van der Waals surface area contributed by atoms with E-state index < -0.39 is 0 Å². The zero-order chi connectivity index (χ0) is 43.1. The van der Waals surface area contributed by atoms with Crippen LogP contribution < -0.4 is 0 Å². The summed E-state index contributed by atoms with van der Waals surface area (Å²) in [4.78, 5) is 0. The third-order valence-electron chi connectivity index (χ3n) is 16.0. The average molecular weight is 826 g/mol. The van der Waals surface area contributed by atoms with Crippen molar-refractivity contribution in [2.24, 2.45) is 0 Å². The lowest BCUT2D eigenvalue weighted by atomic mass is 9.81. The first-order chi connectivity index (χ1) is 31.7. The molecule has 0 bridgehead atoms. The topological polar surface area (TPSA) is 4.41 Å². The summed E-state index contributed by atoms with van der Waals surface area (Å²) in [7, 11) is 0. The fourth-order valence-electron chi connectivity index (χ4n) is 12.9. The van der Waals surface area contributed by atoms with Gasteiger partial charge in [-0.2, -0.15) is 0 Å². The largest absolute Gasteiger partial charge is 0.308 e. The molecule has 0 amide bonds. The molecule has 2 heterocycles. The minimum absolute atomic E-state index is 0.0932. The smallest absolute Gasteiger partial charge is 0.0620 e. The van der Waals surface area contributed by atoms with Crippen LogP contribution in [-0.4, -0.2) is 4.40 Å². The van der Waals surface area contributed by atoms with Crippen LogP contribution in [0.5, 0.6) is 0 Å². The van der Waals surface area contributed by atoms with Gasteiger partial charge in [0.1, 0.15) is 0 Å². The maximum atomic E-state index is 2.61. The Morgan fingerprint density at radius 3 is 1.12 bits per heavy atom. The van der Waals surface area contributed by atoms with Crippen molar-refractivity contribution in [3.8, 4) is 44.5 Å². The first-order valence-electron chi connectivity index (χ1n) is 23.2. The molecule has 65 heavy (non-hydrogen) atoms. The molecule has 0 spiro atoms.